The van der Waals surface area contributed by atoms with Gasteiger partial charge in [-0.25, -0.2) is 0 Å². The van der Waals surface area contributed by atoms with Gasteiger partial charge >= 0.3 is 0 Å². The molecular formula is C18H40O2Si2. The van der Waals surface area contributed by atoms with Gasteiger partial charge in [-0.15, -0.1) is 0 Å². The molecule has 0 aliphatic heterocycles. The third-order valence-corrected chi connectivity index (χ3v) is 20.3. The summed E-state index contributed by atoms with van der Waals surface area (Å²) in [5, 5.41) is 21.7. The molecule has 0 saturated heterocycles. The van der Waals surface area contributed by atoms with Crippen LogP contribution in [0.25, 0.3) is 0 Å². The van der Waals surface area contributed by atoms with Crippen LogP contribution in [0.5, 0.6) is 0 Å². The minimum absolute atomic E-state index is 0.295. The van der Waals surface area contributed by atoms with Crippen molar-refractivity contribution in [2.45, 2.75) is 114 Å². The van der Waals surface area contributed by atoms with Crippen LogP contribution in [0, 0.1) is 0 Å². The highest BCUT2D eigenvalue weighted by Gasteiger charge is 2.53. The van der Waals surface area contributed by atoms with Crippen LogP contribution in [0.2, 0.25) is 47.3 Å². The van der Waals surface area contributed by atoms with Crippen LogP contribution in [-0.2, 0) is 0 Å². The minimum Gasteiger partial charge on any atom is -0.366 e. The molecule has 0 spiro atoms. The fourth-order valence-electron chi connectivity index (χ4n) is 3.71. The highest BCUT2D eigenvalue weighted by Crippen LogP contribution is 2.58. The summed E-state index contributed by atoms with van der Waals surface area (Å²) in [6.07, 6.45) is 2.36. The first-order valence-corrected chi connectivity index (χ1v) is 15.0. The summed E-state index contributed by atoms with van der Waals surface area (Å²) < 4.78 is 0. The molecule has 4 heteroatoms. The van der Waals surface area contributed by atoms with Crippen LogP contribution in [0.1, 0.15) is 60.8 Å². The Morgan fingerprint density at radius 1 is 0.727 bits per heavy atom. The van der Waals surface area contributed by atoms with E-state index in [0.29, 0.717) is 34.0 Å². The van der Waals surface area contributed by atoms with Crippen LogP contribution in [0.4, 0.5) is 0 Å². The summed E-state index contributed by atoms with van der Waals surface area (Å²) >= 11 is 0. The lowest BCUT2D eigenvalue weighted by Crippen LogP contribution is -2.53. The lowest BCUT2D eigenvalue weighted by atomic mass is 9.93. The Hall–Kier alpha value is 0.354. The topological polar surface area (TPSA) is 40.5 Å². The van der Waals surface area contributed by atoms with E-state index in [1.54, 1.807) is 0 Å². The van der Waals surface area contributed by atoms with E-state index >= 15 is 0 Å². The Bertz CT molecular complexity index is 364. The van der Waals surface area contributed by atoms with E-state index in [4.69, 9.17) is 0 Å². The largest absolute Gasteiger partial charge is 0.366 e. The molecule has 1 saturated carbocycles. The highest BCUT2D eigenvalue weighted by atomic mass is 28.3. The maximum absolute atomic E-state index is 10.6. The van der Waals surface area contributed by atoms with Gasteiger partial charge in [-0.1, -0.05) is 74.2 Å². The van der Waals surface area contributed by atoms with Gasteiger partial charge in [-0.3, -0.25) is 0 Å². The molecule has 2 N–H and O–H groups in total. The number of rotatable bonds is 2. The molecule has 0 radical (unpaired) electrons. The van der Waals surface area contributed by atoms with Crippen LogP contribution in [0.3, 0.4) is 0 Å². The summed E-state index contributed by atoms with van der Waals surface area (Å²) in [5.41, 5.74) is 0.991. The third-order valence-electron chi connectivity index (χ3n) is 7.62. The first-order chi connectivity index (χ1) is 9.42. The number of hydrogen-bond donors (Lipinski definition) is 2. The fraction of sp³-hybridized carbons (Fsp3) is 1.00. The van der Waals surface area contributed by atoms with Gasteiger partial charge in [0.05, 0.1) is 16.1 Å². The second-order valence-electron chi connectivity index (χ2n) is 11.0. The van der Waals surface area contributed by atoms with Crippen molar-refractivity contribution in [2.75, 3.05) is 0 Å². The van der Waals surface area contributed by atoms with Crippen molar-refractivity contribution in [3.63, 3.8) is 0 Å². The van der Waals surface area contributed by atoms with Crippen LogP contribution in [0.15, 0.2) is 0 Å². The first kappa shape index (κ1) is 20.4. The van der Waals surface area contributed by atoms with Crippen molar-refractivity contribution < 1.29 is 10.2 Å². The smallest absolute Gasteiger partial charge is 0.162 e. The van der Waals surface area contributed by atoms with Crippen molar-refractivity contribution in [3.05, 3.63) is 0 Å². The van der Waals surface area contributed by atoms with E-state index in [-0.39, 0.29) is 0 Å². The molecule has 1 aliphatic rings. The zero-order valence-corrected chi connectivity index (χ0v) is 18.7. The quantitative estimate of drug-likeness (QED) is 0.505. The van der Waals surface area contributed by atoms with Crippen molar-refractivity contribution in [1.29, 1.82) is 0 Å². The molecule has 0 amide bonds. The van der Waals surface area contributed by atoms with Crippen molar-refractivity contribution in [1.82, 2.24) is 0 Å². The van der Waals surface area contributed by atoms with E-state index in [1.807, 2.05) is 0 Å². The highest BCUT2D eigenvalue weighted by molar-refractivity contribution is 6.83. The average molecular weight is 345 g/mol. The zero-order valence-electron chi connectivity index (χ0n) is 16.7. The summed E-state index contributed by atoms with van der Waals surface area (Å²) in [5.74, 6) is -1.46. The van der Waals surface area contributed by atoms with Crippen molar-refractivity contribution in [3.8, 4) is 0 Å². The van der Waals surface area contributed by atoms with Crippen LogP contribution < -0.4 is 0 Å². The molecule has 1 fully saturated rings. The second-order valence-corrected chi connectivity index (χ2v) is 22.5. The van der Waals surface area contributed by atoms with Crippen molar-refractivity contribution >= 4 is 16.1 Å². The summed E-state index contributed by atoms with van der Waals surface area (Å²) in [6.45, 7) is 23.8. The minimum atomic E-state index is -1.57. The Morgan fingerprint density at radius 2 is 1.00 bits per heavy atom. The number of hydrogen-bond acceptors (Lipinski definition) is 2. The monoisotopic (exact) mass is 344 g/mol. The predicted octanol–water partition coefficient (Wildman–Crippen LogP) is 5.61. The molecule has 2 atom stereocenters. The molecule has 1 aliphatic carbocycles. The Labute approximate surface area is 140 Å². The summed E-state index contributed by atoms with van der Waals surface area (Å²) in [4.78, 5) is 0. The zero-order chi connectivity index (χ0) is 17.8. The van der Waals surface area contributed by atoms with E-state index in [9.17, 15) is 10.2 Å². The first-order valence-electron chi connectivity index (χ1n) is 8.86. The lowest BCUT2D eigenvalue weighted by Gasteiger charge is -2.54. The Balaban J connectivity index is 3.17. The molecule has 0 aromatic rings. The van der Waals surface area contributed by atoms with Gasteiger partial charge in [-0.2, -0.15) is 0 Å². The standard InChI is InChI=1S/C18H40O2Si2/c1-16(2,3)21(7,8)14-11-15(13-18(19,20)12-14)22(9,10)17(4,5)6/h14-15,19-20H,11-13H2,1-10H3/t14-,15-/m0/s1. The van der Waals surface area contributed by atoms with Gasteiger partial charge in [0.2, 0.25) is 0 Å². The van der Waals surface area contributed by atoms with E-state index in [0.717, 1.165) is 0 Å². The molecule has 0 bridgehead atoms. The molecule has 2 nitrogen and oxygen atoms in total. The van der Waals surface area contributed by atoms with E-state index in [1.165, 1.54) is 6.42 Å². The maximum atomic E-state index is 10.6. The second kappa shape index (κ2) is 5.71. The average Bonchev–Trinajstić information content (AvgIpc) is 2.23. The predicted molar refractivity (Wildman–Crippen MR) is 103 cm³/mol. The van der Waals surface area contributed by atoms with Gasteiger partial charge < -0.3 is 10.2 Å². The van der Waals surface area contributed by atoms with E-state index in [2.05, 4.69) is 67.7 Å². The van der Waals surface area contributed by atoms with E-state index < -0.39 is 21.9 Å². The summed E-state index contributed by atoms with van der Waals surface area (Å²) in [7, 11) is -3.14. The molecule has 0 aromatic heterocycles. The lowest BCUT2D eigenvalue weighted by molar-refractivity contribution is -0.180. The third kappa shape index (κ3) is 3.88. The summed E-state index contributed by atoms with van der Waals surface area (Å²) in [6, 6.07) is 0. The van der Waals surface area contributed by atoms with Crippen LogP contribution >= 0.6 is 0 Å². The molecule has 0 heterocycles. The molecule has 0 unspecified atom stereocenters. The Morgan fingerprint density at radius 3 is 1.23 bits per heavy atom. The normalized spacial score (nSPS) is 27.8. The number of aliphatic hydroxyl groups is 2. The molecular weight excluding hydrogens is 304 g/mol. The Kier molecular flexibility index (Phi) is 5.30. The van der Waals surface area contributed by atoms with Gasteiger partial charge in [0.15, 0.2) is 5.79 Å². The van der Waals surface area contributed by atoms with Gasteiger partial charge in [-0.05, 0) is 21.2 Å². The molecule has 132 valence electrons. The maximum Gasteiger partial charge on any atom is 0.162 e. The van der Waals surface area contributed by atoms with Crippen molar-refractivity contribution in [2.24, 2.45) is 0 Å². The fourth-order valence-corrected chi connectivity index (χ4v) is 9.81. The molecule has 0 aromatic carbocycles. The van der Waals surface area contributed by atoms with Gasteiger partial charge in [0.25, 0.3) is 0 Å². The van der Waals surface area contributed by atoms with Gasteiger partial charge in [0.1, 0.15) is 0 Å². The molecule has 1 rings (SSSR count). The molecule has 22 heavy (non-hydrogen) atoms. The SMILES string of the molecule is CC(C)(C)[Si](C)(C)[C@H]1C[C@H]([Si](C)(C)C(C)(C)C)CC(O)(O)C1. The van der Waals surface area contributed by atoms with Crippen LogP contribution in [-0.4, -0.2) is 32.1 Å². The van der Waals surface area contributed by atoms with Gasteiger partial charge in [0, 0.05) is 12.8 Å².